The minimum Gasteiger partial charge on any atom is -0.354 e. The number of nitrogens with one attached hydrogen (secondary N) is 1. The average Bonchev–Trinajstić information content (AvgIpc) is 2.68. The first-order valence-corrected chi connectivity index (χ1v) is 9.17. The molecule has 7 heteroatoms. The van der Waals surface area contributed by atoms with E-state index in [0.29, 0.717) is 25.9 Å². The van der Waals surface area contributed by atoms with Gasteiger partial charge < -0.3 is 16.0 Å². The van der Waals surface area contributed by atoms with Gasteiger partial charge in [0.05, 0.1) is 0 Å². The van der Waals surface area contributed by atoms with Crippen LogP contribution in [0.2, 0.25) is 0 Å². The van der Waals surface area contributed by atoms with Crippen LogP contribution in [0, 0.1) is 5.82 Å². The summed E-state index contributed by atoms with van der Waals surface area (Å²) < 4.78 is 13.0. The largest absolute Gasteiger partial charge is 0.354 e. The first kappa shape index (κ1) is 21.9. The molecular formula is C21H25ClFN3O2. The van der Waals surface area contributed by atoms with E-state index in [4.69, 9.17) is 5.73 Å². The van der Waals surface area contributed by atoms with E-state index in [1.165, 1.54) is 12.1 Å². The summed E-state index contributed by atoms with van der Waals surface area (Å²) in [4.78, 5) is 26.9. The van der Waals surface area contributed by atoms with Crippen LogP contribution in [-0.2, 0) is 29.0 Å². The maximum Gasteiger partial charge on any atom is 0.243 e. The van der Waals surface area contributed by atoms with Gasteiger partial charge in [0.15, 0.2) is 0 Å². The van der Waals surface area contributed by atoms with Crippen LogP contribution in [0.25, 0.3) is 0 Å². The second kappa shape index (κ2) is 10.2. The van der Waals surface area contributed by atoms with Crippen molar-refractivity contribution in [2.24, 2.45) is 5.73 Å². The van der Waals surface area contributed by atoms with Crippen molar-refractivity contribution >= 4 is 24.2 Å². The fourth-order valence-electron chi connectivity index (χ4n) is 3.39. The van der Waals surface area contributed by atoms with Crippen LogP contribution in [0.3, 0.4) is 0 Å². The molecule has 1 heterocycles. The summed E-state index contributed by atoms with van der Waals surface area (Å²) in [5.74, 6) is -0.555. The van der Waals surface area contributed by atoms with E-state index in [1.54, 1.807) is 17.0 Å². The zero-order valence-corrected chi connectivity index (χ0v) is 16.4. The molecule has 0 spiro atoms. The number of halogens is 2. The topological polar surface area (TPSA) is 75.4 Å². The molecule has 2 aromatic carbocycles. The van der Waals surface area contributed by atoms with Crippen molar-refractivity contribution in [3.8, 4) is 0 Å². The molecule has 1 aliphatic heterocycles. The maximum atomic E-state index is 13.0. The van der Waals surface area contributed by atoms with Crippen molar-refractivity contribution in [3.63, 3.8) is 0 Å². The number of rotatable bonds is 6. The highest BCUT2D eigenvalue weighted by Crippen LogP contribution is 2.24. The van der Waals surface area contributed by atoms with E-state index in [-0.39, 0.29) is 43.0 Å². The quantitative estimate of drug-likeness (QED) is 0.773. The van der Waals surface area contributed by atoms with Gasteiger partial charge in [0, 0.05) is 32.5 Å². The van der Waals surface area contributed by atoms with Gasteiger partial charge in [-0.3, -0.25) is 9.59 Å². The lowest BCUT2D eigenvalue weighted by Gasteiger charge is -2.36. The van der Waals surface area contributed by atoms with Crippen LogP contribution in [0.4, 0.5) is 4.39 Å². The summed E-state index contributed by atoms with van der Waals surface area (Å²) in [6, 6.07) is 13.6. The molecule has 1 unspecified atom stereocenters. The van der Waals surface area contributed by atoms with Gasteiger partial charge in [-0.25, -0.2) is 4.39 Å². The molecule has 0 aromatic heterocycles. The Kier molecular flexibility index (Phi) is 7.96. The van der Waals surface area contributed by atoms with Gasteiger partial charge in [-0.2, -0.15) is 0 Å². The van der Waals surface area contributed by atoms with E-state index >= 15 is 0 Å². The Morgan fingerprint density at radius 1 is 1.11 bits per heavy atom. The van der Waals surface area contributed by atoms with Crippen LogP contribution < -0.4 is 11.1 Å². The zero-order chi connectivity index (χ0) is 19.2. The fourth-order valence-corrected chi connectivity index (χ4v) is 3.39. The molecule has 150 valence electrons. The van der Waals surface area contributed by atoms with Crippen LogP contribution in [0.1, 0.15) is 23.1 Å². The predicted octanol–water partition coefficient (Wildman–Crippen LogP) is 2.21. The number of benzene rings is 2. The molecule has 2 amide bonds. The Bertz CT molecular complexity index is 814. The molecule has 1 aliphatic rings. The Morgan fingerprint density at radius 3 is 2.46 bits per heavy atom. The normalized spacial score (nSPS) is 15.4. The number of carbonyl (C=O) groups excluding carboxylic acids is 2. The first-order chi connectivity index (χ1) is 13.1. The summed E-state index contributed by atoms with van der Waals surface area (Å²) in [5, 5.41) is 2.92. The Hall–Kier alpha value is -2.44. The third-order valence-corrected chi connectivity index (χ3v) is 4.86. The number of fused-ring (bicyclic) bond motifs is 1. The second-order valence-corrected chi connectivity index (χ2v) is 6.72. The maximum absolute atomic E-state index is 13.0. The molecule has 0 radical (unpaired) electrons. The SMILES string of the molecule is Cl.NCCC(=O)N1Cc2ccccc2CC1C(=O)NCCc1ccc(F)cc1. The summed E-state index contributed by atoms with van der Waals surface area (Å²) >= 11 is 0. The van der Waals surface area contributed by atoms with Crippen LogP contribution in [0.5, 0.6) is 0 Å². The number of hydrogen-bond acceptors (Lipinski definition) is 3. The minimum absolute atomic E-state index is 0. The van der Waals surface area contributed by atoms with Crippen molar-refractivity contribution in [2.45, 2.75) is 31.8 Å². The van der Waals surface area contributed by atoms with Gasteiger partial charge in [-0.05, 0) is 35.2 Å². The lowest BCUT2D eigenvalue weighted by molar-refractivity contribution is -0.141. The molecule has 0 fully saturated rings. The monoisotopic (exact) mass is 405 g/mol. The van der Waals surface area contributed by atoms with Gasteiger partial charge >= 0.3 is 0 Å². The standard InChI is InChI=1S/C21H24FN3O2.ClH/c22-18-7-5-15(6-8-18)10-12-24-21(27)19-13-16-3-1-2-4-17(16)14-25(19)20(26)9-11-23;/h1-8,19H,9-14,23H2,(H,24,27);1H. The number of hydrogen-bond donors (Lipinski definition) is 2. The van der Waals surface area contributed by atoms with Crippen LogP contribution in [0.15, 0.2) is 48.5 Å². The minimum atomic E-state index is -0.535. The summed E-state index contributed by atoms with van der Waals surface area (Å²) in [7, 11) is 0. The van der Waals surface area contributed by atoms with E-state index < -0.39 is 6.04 Å². The van der Waals surface area contributed by atoms with Crippen molar-refractivity contribution in [3.05, 3.63) is 71.0 Å². The molecule has 0 bridgehead atoms. The molecule has 2 aromatic rings. The predicted molar refractivity (Wildman–Crippen MR) is 109 cm³/mol. The number of nitrogens with zero attached hydrogens (tertiary/aromatic N) is 1. The van der Waals surface area contributed by atoms with Gasteiger partial charge in [0.1, 0.15) is 11.9 Å². The van der Waals surface area contributed by atoms with E-state index in [2.05, 4.69) is 5.32 Å². The van der Waals surface area contributed by atoms with Crippen molar-refractivity contribution in [2.75, 3.05) is 13.1 Å². The number of amides is 2. The fraction of sp³-hybridized carbons (Fsp3) is 0.333. The molecule has 28 heavy (non-hydrogen) atoms. The highest BCUT2D eigenvalue weighted by atomic mass is 35.5. The van der Waals surface area contributed by atoms with Gasteiger partial charge in [-0.15, -0.1) is 12.4 Å². The lowest BCUT2D eigenvalue weighted by atomic mass is 9.93. The molecule has 3 N–H and O–H groups in total. The summed E-state index contributed by atoms with van der Waals surface area (Å²) in [5.41, 5.74) is 8.64. The molecular weight excluding hydrogens is 381 g/mol. The van der Waals surface area contributed by atoms with Gasteiger partial charge in [0.2, 0.25) is 11.8 Å². The third-order valence-electron chi connectivity index (χ3n) is 4.86. The Balaban J connectivity index is 0.00000280. The molecule has 5 nitrogen and oxygen atoms in total. The molecule has 0 aliphatic carbocycles. The van der Waals surface area contributed by atoms with E-state index in [0.717, 1.165) is 16.7 Å². The van der Waals surface area contributed by atoms with Crippen molar-refractivity contribution in [1.29, 1.82) is 0 Å². The Morgan fingerprint density at radius 2 is 1.79 bits per heavy atom. The van der Waals surface area contributed by atoms with Crippen LogP contribution >= 0.6 is 12.4 Å². The van der Waals surface area contributed by atoms with E-state index in [9.17, 15) is 14.0 Å². The lowest BCUT2D eigenvalue weighted by Crippen LogP contribution is -2.53. The molecule has 0 saturated carbocycles. The summed E-state index contributed by atoms with van der Waals surface area (Å²) in [6.07, 6.45) is 1.32. The zero-order valence-electron chi connectivity index (χ0n) is 15.6. The number of nitrogens with two attached hydrogens (primary N) is 1. The Labute approximate surface area is 170 Å². The van der Waals surface area contributed by atoms with Gasteiger partial charge in [-0.1, -0.05) is 36.4 Å². The van der Waals surface area contributed by atoms with E-state index in [1.807, 2.05) is 24.3 Å². The average molecular weight is 406 g/mol. The number of carbonyl (C=O) groups is 2. The second-order valence-electron chi connectivity index (χ2n) is 6.72. The van der Waals surface area contributed by atoms with Crippen LogP contribution in [-0.4, -0.2) is 35.8 Å². The van der Waals surface area contributed by atoms with Gasteiger partial charge in [0.25, 0.3) is 0 Å². The molecule has 0 saturated heterocycles. The third kappa shape index (κ3) is 5.30. The highest BCUT2D eigenvalue weighted by molar-refractivity contribution is 5.88. The van der Waals surface area contributed by atoms with Crippen molar-refractivity contribution < 1.29 is 14.0 Å². The molecule has 1 atom stereocenters. The van der Waals surface area contributed by atoms with Crippen molar-refractivity contribution in [1.82, 2.24) is 10.2 Å². The smallest absolute Gasteiger partial charge is 0.243 e. The summed E-state index contributed by atoms with van der Waals surface area (Å²) in [6.45, 7) is 1.11. The highest BCUT2D eigenvalue weighted by Gasteiger charge is 2.33. The first-order valence-electron chi connectivity index (χ1n) is 9.17. The molecule has 3 rings (SSSR count).